The number of hydrogen-bond donors (Lipinski definition) is 2. The van der Waals surface area contributed by atoms with Gasteiger partial charge >= 0.3 is 6.03 Å². The third-order valence-electron chi connectivity index (χ3n) is 4.72. The van der Waals surface area contributed by atoms with Crippen LogP contribution in [0.15, 0.2) is 24.3 Å². The molecule has 0 saturated carbocycles. The zero-order valence-corrected chi connectivity index (χ0v) is 12.6. The lowest BCUT2D eigenvalue weighted by molar-refractivity contribution is 0.196. The van der Waals surface area contributed by atoms with E-state index in [1.54, 1.807) is 7.11 Å². The molecule has 0 radical (unpaired) electrons. The maximum atomic E-state index is 12.6. The normalized spacial score (nSPS) is 27.5. The van der Waals surface area contributed by atoms with Crippen LogP contribution in [0.5, 0.6) is 5.75 Å². The number of amides is 2. The van der Waals surface area contributed by atoms with E-state index in [1.807, 2.05) is 29.2 Å². The number of carbonyl (C=O) groups excluding carboxylic acids is 1. The van der Waals surface area contributed by atoms with Crippen LogP contribution in [-0.4, -0.2) is 43.7 Å². The van der Waals surface area contributed by atoms with Gasteiger partial charge in [-0.3, -0.25) is 0 Å². The van der Waals surface area contributed by atoms with Crippen LogP contribution >= 0.6 is 0 Å². The van der Waals surface area contributed by atoms with Gasteiger partial charge in [-0.1, -0.05) is 13.0 Å². The summed E-state index contributed by atoms with van der Waals surface area (Å²) in [7, 11) is 1.63. The number of fused-ring (bicyclic) bond motifs is 1. The molecule has 2 amide bonds. The lowest BCUT2D eigenvalue weighted by Crippen LogP contribution is -2.42. The lowest BCUT2D eigenvalue weighted by atomic mass is 9.93. The first-order valence-corrected chi connectivity index (χ1v) is 7.65. The van der Waals surface area contributed by atoms with E-state index >= 15 is 0 Å². The Balaban J connectivity index is 1.70. The van der Waals surface area contributed by atoms with Crippen molar-refractivity contribution in [2.75, 3.05) is 32.1 Å². The fourth-order valence-corrected chi connectivity index (χ4v) is 3.68. The number of nitrogens with zero attached hydrogens (tertiary/aromatic N) is 1. The van der Waals surface area contributed by atoms with Gasteiger partial charge in [-0.2, -0.15) is 0 Å². The maximum Gasteiger partial charge on any atom is 0.322 e. The van der Waals surface area contributed by atoms with Crippen molar-refractivity contribution in [3.05, 3.63) is 24.3 Å². The van der Waals surface area contributed by atoms with Crippen LogP contribution in [0.3, 0.4) is 0 Å². The Morgan fingerprint density at radius 3 is 3.10 bits per heavy atom. The Bertz CT molecular complexity index is 520. The highest BCUT2D eigenvalue weighted by molar-refractivity contribution is 5.90. The summed E-state index contributed by atoms with van der Waals surface area (Å²) in [5.74, 6) is 1.96. The van der Waals surface area contributed by atoms with Gasteiger partial charge in [0.25, 0.3) is 0 Å². The quantitative estimate of drug-likeness (QED) is 0.896. The molecule has 2 aliphatic rings. The molecule has 21 heavy (non-hydrogen) atoms. The predicted molar refractivity (Wildman–Crippen MR) is 82.6 cm³/mol. The summed E-state index contributed by atoms with van der Waals surface area (Å²) in [5.41, 5.74) is 0.782. The number of nitrogens with one attached hydrogen (secondary N) is 2. The van der Waals surface area contributed by atoms with Crippen LogP contribution in [0.25, 0.3) is 0 Å². The Labute approximate surface area is 125 Å². The van der Waals surface area contributed by atoms with Crippen molar-refractivity contribution >= 4 is 11.7 Å². The molecule has 2 fully saturated rings. The molecule has 5 nitrogen and oxygen atoms in total. The van der Waals surface area contributed by atoms with Crippen LogP contribution in [-0.2, 0) is 0 Å². The van der Waals surface area contributed by atoms with E-state index in [2.05, 4.69) is 17.6 Å². The number of ether oxygens (including phenoxy) is 1. The smallest absolute Gasteiger partial charge is 0.322 e. The molecule has 1 aromatic carbocycles. The highest BCUT2D eigenvalue weighted by Gasteiger charge is 2.45. The average Bonchev–Trinajstić information content (AvgIpc) is 3.07. The Morgan fingerprint density at radius 2 is 2.33 bits per heavy atom. The molecular formula is C16H23N3O2. The van der Waals surface area contributed by atoms with E-state index < -0.39 is 0 Å². The maximum absolute atomic E-state index is 12.6. The zero-order chi connectivity index (χ0) is 14.8. The van der Waals surface area contributed by atoms with Gasteiger partial charge in [-0.05, 0) is 30.4 Å². The van der Waals surface area contributed by atoms with Crippen molar-refractivity contribution < 1.29 is 9.53 Å². The first-order chi connectivity index (χ1) is 10.2. The third-order valence-corrected chi connectivity index (χ3v) is 4.72. The van der Waals surface area contributed by atoms with Gasteiger partial charge in [0.2, 0.25) is 0 Å². The van der Waals surface area contributed by atoms with Crippen LogP contribution in [0.2, 0.25) is 0 Å². The number of urea groups is 1. The van der Waals surface area contributed by atoms with Gasteiger partial charge in [-0.25, -0.2) is 4.79 Å². The second-order valence-electron chi connectivity index (χ2n) is 5.87. The molecule has 0 aliphatic carbocycles. The van der Waals surface area contributed by atoms with Crippen molar-refractivity contribution in [1.29, 1.82) is 0 Å². The molecule has 2 heterocycles. The number of hydrogen-bond acceptors (Lipinski definition) is 3. The van der Waals surface area contributed by atoms with E-state index in [-0.39, 0.29) is 6.03 Å². The Hall–Kier alpha value is -1.75. The summed E-state index contributed by atoms with van der Waals surface area (Å²) in [6.07, 6.45) is 1.01. The number of carbonyl (C=O) groups is 1. The largest absolute Gasteiger partial charge is 0.497 e. The number of benzene rings is 1. The second kappa shape index (κ2) is 5.93. The molecule has 0 aromatic heterocycles. The average molecular weight is 289 g/mol. The molecular weight excluding hydrogens is 266 g/mol. The van der Waals surface area contributed by atoms with E-state index in [1.165, 1.54) is 0 Å². The fraction of sp³-hybridized carbons (Fsp3) is 0.562. The summed E-state index contributed by atoms with van der Waals surface area (Å²) in [6, 6.07) is 7.84. The van der Waals surface area contributed by atoms with Crippen LogP contribution in [0.1, 0.15) is 13.3 Å². The second-order valence-corrected chi connectivity index (χ2v) is 5.87. The SMILES string of the molecule is CCC1C2CNCC2CN1C(=O)Nc1cccc(OC)c1. The molecule has 3 atom stereocenters. The number of likely N-dealkylation sites (tertiary alicyclic amines) is 1. The van der Waals surface area contributed by atoms with E-state index in [0.29, 0.717) is 17.9 Å². The van der Waals surface area contributed by atoms with Gasteiger partial charge in [0.15, 0.2) is 0 Å². The molecule has 1 aromatic rings. The number of methoxy groups -OCH3 is 1. The molecule has 3 unspecified atom stereocenters. The monoisotopic (exact) mass is 289 g/mol. The zero-order valence-electron chi connectivity index (χ0n) is 12.6. The highest BCUT2D eigenvalue weighted by atomic mass is 16.5. The van der Waals surface area contributed by atoms with E-state index in [4.69, 9.17) is 4.74 Å². The fourth-order valence-electron chi connectivity index (χ4n) is 3.68. The number of rotatable bonds is 3. The predicted octanol–water partition coefficient (Wildman–Crippen LogP) is 2.16. The summed E-state index contributed by atoms with van der Waals surface area (Å²) in [4.78, 5) is 14.6. The van der Waals surface area contributed by atoms with Crippen LogP contribution < -0.4 is 15.4 Å². The molecule has 2 saturated heterocycles. The van der Waals surface area contributed by atoms with Gasteiger partial charge in [-0.15, -0.1) is 0 Å². The van der Waals surface area contributed by atoms with Crippen LogP contribution in [0, 0.1) is 11.8 Å². The van der Waals surface area contributed by atoms with Crippen molar-refractivity contribution in [1.82, 2.24) is 10.2 Å². The minimum Gasteiger partial charge on any atom is -0.497 e. The molecule has 5 heteroatoms. The van der Waals surface area contributed by atoms with Crippen molar-refractivity contribution in [2.24, 2.45) is 11.8 Å². The van der Waals surface area contributed by atoms with Crippen molar-refractivity contribution in [2.45, 2.75) is 19.4 Å². The lowest BCUT2D eigenvalue weighted by Gasteiger charge is -2.27. The summed E-state index contributed by atoms with van der Waals surface area (Å²) < 4.78 is 5.19. The van der Waals surface area contributed by atoms with Gasteiger partial charge < -0.3 is 20.3 Å². The van der Waals surface area contributed by atoms with Crippen molar-refractivity contribution in [3.63, 3.8) is 0 Å². The molecule has 3 rings (SSSR count). The first-order valence-electron chi connectivity index (χ1n) is 7.65. The molecule has 2 aliphatic heterocycles. The standard InChI is InChI=1S/C16H23N3O2/c1-3-15-14-9-17-8-11(14)10-19(15)16(20)18-12-5-4-6-13(7-12)21-2/h4-7,11,14-15,17H,3,8-10H2,1-2H3,(H,18,20). The molecule has 114 valence electrons. The summed E-state index contributed by atoms with van der Waals surface area (Å²) in [6.45, 7) is 5.08. The van der Waals surface area contributed by atoms with E-state index in [0.717, 1.165) is 37.5 Å². The minimum absolute atomic E-state index is 0.00417. The highest BCUT2D eigenvalue weighted by Crippen LogP contribution is 2.34. The van der Waals surface area contributed by atoms with Gasteiger partial charge in [0.05, 0.1) is 7.11 Å². The molecule has 2 N–H and O–H groups in total. The minimum atomic E-state index is 0.00417. The molecule has 0 bridgehead atoms. The summed E-state index contributed by atoms with van der Waals surface area (Å²) >= 11 is 0. The van der Waals surface area contributed by atoms with Gasteiger partial charge in [0.1, 0.15) is 5.75 Å². The third kappa shape index (κ3) is 2.70. The molecule has 0 spiro atoms. The first kappa shape index (κ1) is 14.2. The number of anilines is 1. The van der Waals surface area contributed by atoms with Crippen LogP contribution in [0.4, 0.5) is 10.5 Å². The Kier molecular flexibility index (Phi) is 4.01. The topological polar surface area (TPSA) is 53.6 Å². The summed E-state index contributed by atoms with van der Waals surface area (Å²) in [5, 5.41) is 6.44. The van der Waals surface area contributed by atoms with Gasteiger partial charge in [0, 0.05) is 37.4 Å². The van der Waals surface area contributed by atoms with E-state index in [9.17, 15) is 4.79 Å². The Morgan fingerprint density at radius 1 is 1.48 bits per heavy atom. The van der Waals surface area contributed by atoms with Crippen molar-refractivity contribution in [3.8, 4) is 5.75 Å².